The van der Waals surface area contributed by atoms with Crippen molar-refractivity contribution in [3.63, 3.8) is 0 Å². The van der Waals surface area contributed by atoms with Gasteiger partial charge in [0.1, 0.15) is 11.6 Å². The second-order valence-electron chi connectivity index (χ2n) is 4.48. The number of aromatic nitrogens is 1. The number of amides is 1. The lowest BCUT2D eigenvalue weighted by atomic mass is 10.1. The van der Waals surface area contributed by atoms with Gasteiger partial charge >= 0.3 is 0 Å². The molecule has 1 aromatic heterocycles. The van der Waals surface area contributed by atoms with Gasteiger partial charge in [-0.15, -0.1) is 0 Å². The minimum Gasteiger partial charge on any atom is -0.319 e. The number of nitrogens with zero attached hydrogens (tertiary/aromatic N) is 1. The van der Waals surface area contributed by atoms with E-state index in [-0.39, 0.29) is 5.69 Å². The standard InChI is InChI=1S/C16H10F2N2O/c17-11-4-5-15(14(18)8-11)20-16(21)12-3-1-2-10-6-7-19-9-13(10)12/h1-9H,(H,20,21). The van der Waals surface area contributed by atoms with E-state index in [9.17, 15) is 13.6 Å². The molecule has 2 aromatic carbocycles. The quantitative estimate of drug-likeness (QED) is 0.778. The van der Waals surface area contributed by atoms with Crippen LogP contribution >= 0.6 is 0 Å². The number of benzene rings is 2. The van der Waals surface area contributed by atoms with E-state index < -0.39 is 17.5 Å². The summed E-state index contributed by atoms with van der Waals surface area (Å²) in [5.74, 6) is -1.99. The smallest absolute Gasteiger partial charge is 0.256 e. The highest BCUT2D eigenvalue weighted by atomic mass is 19.1. The fraction of sp³-hybridized carbons (Fsp3) is 0. The van der Waals surface area contributed by atoms with E-state index in [0.717, 1.165) is 17.5 Å². The SMILES string of the molecule is O=C(Nc1ccc(F)cc1F)c1cccc2ccncc12. The molecule has 0 aliphatic heterocycles. The van der Waals surface area contributed by atoms with Crippen molar-refractivity contribution in [2.45, 2.75) is 0 Å². The van der Waals surface area contributed by atoms with Crippen LogP contribution in [0.4, 0.5) is 14.5 Å². The molecule has 0 unspecified atom stereocenters. The summed E-state index contributed by atoms with van der Waals surface area (Å²) >= 11 is 0. The lowest BCUT2D eigenvalue weighted by Gasteiger charge is -2.08. The molecular formula is C16H10F2N2O. The Morgan fingerprint density at radius 1 is 1.10 bits per heavy atom. The van der Waals surface area contributed by atoms with Gasteiger partial charge in [-0.05, 0) is 29.7 Å². The van der Waals surface area contributed by atoms with Crippen LogP contribution in [0.3, 0.4) is 0 Å². The highest BCUT2D eigenvalue weighted by Gasteiger charge is 2.12. The zero-order valence-corrected chi connectivity index (χ0v) is 10.8. The third-order valence-corrected chi connectivity index (χ3v) is 3.11. The molecule has 1 heterocycles. The minimum atomic E-state index is -0.818. The second-order valence-corrected chi connectivity index (χ2v) is 4.48. The Morgan fingerprint density at radius 3 is 2.76 bits per heavy atom. The van der Waals surface area contributed by atoms with E-state index in [2.05, 4.69) is 10.3 Å². The molecule has 0 saturated heterocycles. The van der Waals surface area contributed by atoms with E-state index in [0.29, 0.717) is 10.9 Å². The van der Waals surface area contributed by atoms with Crippen LogP contribution in [0.1, 0.15) is 10.4 Å². The summed E-state index contributed by atoms with van der Waals surface area (Å²) in [4.78, 5) is 16.3. The lowest BCUT2D eigenvalue weighted by Crippen LogP contribution is -2.13. The minimum absolute atomic E-state index is 0.0673. The highest BCUT2D eigenvalue weighted by Crippen LogP contribution is 2.20. The average Bonchev–Trinajstić information content (AvgIpc) is 2.49. The molecule has 0 fully saturated rings. The molecule has 0 bridgehead atoms. The molecule has 0 spiro atoms. The first-order valence-electron chi connectivity index (χ1n) is 6.24. The largest absolute Gasteiger partial charge is 0.319 e. The van der Waals surface area contributed by atoms with Gasteiger partial charge in [0.05, 0.1) is 5.69 Å². The van der Waals surface area contributed by atoms with Crippen molar-refractivity contribution in [1.29, 1.82) is 0 Å². The maximum absolute atomic E-state index is 13.6. The first-order chi connectivity index (χ1) is 10.1. The zero-order valence-electron chi connectivity index (χ0n) is 10.8. The molecule has 104 valence electrons. The van der Waals surface area contributed by atoms with Crippen LogP contribution < -0.4 is 5.32 Å². The molecule has 0 aliphatic rings. The number of carbonyl (C=O) groups excluding carboxylic acids is 1. The van der Waals surface area contributed by atoms with Gasteiger partial charge in [0.2, 0.25) is 0 Å². The van der Waals surface area contributed by atoms with Crippen molar-refractivity contribution >= 4 is 22.4 Å². The summed E-state index contributed by atoms with van der Waals surface area (Å²) in [6, 6.07) is 9.99. The Bertz CT molecular complexity index is 828. The van der Waals surface area contributed by atoms with E-state index in [1.54, 1.807) is 30.6 Å². The average molecular weight is 284 g/mol. The molecule has 1 amide bonds. The van der Waals surface area contributed by atoms with Gasteiger partial charge in [-0.1, -0.05) is 12.1 Å². The van der Waals surface area contributed by atoms with Gasteiger partial charge in [0.15, 0.2) is 0 Å². The Morgan fingerprint density at radius 2 is 1.95 bits per heavy atom. The summed E-state index contributed by atoms with van der Waals surface area (Å²) in [5.41, 5.74) is 0.312. The maximum Gasteiger partial charge on any atom is 0.256 e. The predicted octanol–water partition coefficient (Wildman–Crippen LogP) is 3.77. The number of nitrogens with one attached hydrogen (secondary N) is 1. The monoisotopic (exact) mass is 284 g/mol. The third-order valence-electron chi connectivity index (χ3n) is 3.11. The maximum atomic E-state index is 13.6. The van der Waals surface area contributed by atoms with Gasteiger partial charge in [-0.2, -0.15) is 0 Å². The van der Waals surface area contributed by atoms with Gasteiger partial charge in [-0.3, -0.25) is 9.78 Å². The molecule has 0 atom stereocenters. The van der Waals surface area contributed by atoms with Crippen molar-refractivity contribution in [3.8, 4) is 0 Å². The fourth-order valence-electron chi connectivity index (χ4n) is 2.09. The van der Waals surface area contributed by atoms with Crippen LogP contribution in [0.5, 0.6) is 0 Å². The van der Waals surface area contributed by atoms with Crippen molar-refractivity contribution in [2.24, 2.45) is 0 Å². The van der Waals surface area contributed by atoms with Gasteiger partial charge in [-0.25, -0.2) is 8.78 Å². The Labute approximate surface area is 119 Å². The molecule has 1 N–H and O–H groups in total. The van der Waals surface area contributed by atoms with Crippen LogP contribution in [0, 0.1) is 11.6 Å². The number of halogens is 2. The lowest BCUT2D eigenvalue weighted by molar-refractivity contribution is 0.102. The van der Waals surface area contributed by atoms with E-state index in [4.69, 9.17) is 0 Å². The number of hydrogen-bond donors (Lipinski definition) is 1. The first-order valence-corrected chi connectivity index (χ1v) is 6.24. The number of pyridine rings is 1. The molecular weight excluding hydrogens is 274 g/mol. The Hall–Kier alpha value is -2.82. The Balaban J connectivity index is 1.97. The van der Waals surface area contributed by atoms with E-state index in [1.807, 2.05) is 6.07 Å². The van der Waals surface area contributed by atoms with Crippen LogP contribution in [-0.4, -0.2) is 10.9 Å². The molecule has 3 rings (SSSR count). The second kappa shape index (κ2) is 5.28. The summed E-state index contributed by atoms with van der Waals surface area (Å²) < 4.78 is 26.4. The molecule has 0 aliphatic carbocycles. The number of hydrogen-bond acceptors (Lipinski definition) is 2. The van der Waals surface area contributed by atoms with Crippen LogP contribution in [-0.2, 0) is 0 Å². The number of fused-ring (bicyclic) bond motifs is 1. The van der Waals surface area contributed by atoms with Crippen molar-refractivity contribution in [3.05, 3.63) is 72.1 Å². The molecule has 0 radical (unpaired) electrons. The first kappa shape index (κ1) is 13.2. The van der Waals surface area contributed by atoms with Crippen molar-refractivity contribution < 1.29 is 13.6 Å². The van der Waals surface area contributed by atoms with Gasteiger partial charge in [0.25, 0.3) is 5.91 Å². The molecule has 3 aromatic rings. The number of anilines is 1. The normalized spacial score (nSPS) is 10.6. The topological polar surface area (TPSA) is 42.0 Å². The molecule has 5 heteroatoms. The Kier molecular flexibility index (Phi) is 3.31. The molecule has 3 nitrogen and oxygen atoms in total. The fourth-order valence-corrected chi connectivity index (χ4v) is 2.09. The predicted molar refractivity (Wildman–Crippen MR) is 76.1 cm³/mol. The van der Waals surface area contributed by atoms with Crippen LogP contribution in [0.25, 0.3) is 10.8 Å². The van der Waals surface area contributed by atoms with E-state index in [1.165, 1.54) is 6.07 Å². The zero-order chi connectivity index (χ0) is 14.8. The van der Waals surface area contributed by atoms with Gasteiger partial charge < -0.3 is 5.32 Å². The summed E-state index contributed by atoms with van der Waals surface area (Å²) in [6.07, 6.45) is 3.20. The molecule has 21 heavy (non-hydrogen) atoms. The van der Waals surface area contributed by atoms with Crippen LogP contribution in [0.2, 0.25) is 0 Å². The summed E-state index contributed by atoms with van der Waals surface area (Å²) in [5, 5.41) is 3.96. The number of carbonyl (C=O) groups is 1. The van der Waals surface area contributed by atoms with Gasteiger partial charge in [0, 0.05) is 29.4 Å². The highest BCUT2D eigenvalue weighted by molar-refractivity contribution is 6.12. The molecule has 0 saturated carbocycles. The van der Waals surface area contributed by atoms with Crippen molar-refractivity contribution in [1.82, 2.24) is 4.98 Å². The number of rotatable bonds is 2. The van der Waals surface area contributed by atoms with E-state index >= 15 is 0 Å². The summed E-state index contributed by atoms with van der Waals surface area (Å²) in [7, 11) is 0. The van der Waals surface area contributed by atoms with Crippen molar-refractivity contribution in [2.75, 3.05) is 5.32 Å². The van der Waals surface area contributed by atoms with Crippen LogP contribution in [0.15, 0.2) is 54.9 Å². The summed E-state index contributed by atoms with van der Waals surface area (Å²) in [6.45, 7) is 0. The third kappa shape index (κ3) is 2.58.